The number of rotatable bonds is 4. The molecule has 0 bridgehead atoms. The lowest BCUT2D eigenvalue weighted by atomic mass is 9.96. The van der Waals surface area contributed by atoms with Crippen LogP contribution in [0.1, 0.15) is 36.8 Å². The molecule has 9 heteroatoms. The highest BCUT2D eigenvalue weighted by Crippen LogP contribution is 2.35. The van der Waals surface area contributed by atoms with E-state index >= 15 is 0 Å². The summed E-state index contributed by atoms with van der Waals surface area (Å²) in [6.45, 7) is 5.63. The molecule has 1 aliphatic heterocycles. The van der Waals surface area contributed by atoms with E-state index in [-0.39, 0.29) is 29.5 Å². The molecule has 3 aromatic heterocycles. The van der Waals surface area contributed by atoms with Crippen LogP contribution in [0.3, 0.4) is 0 Å². The van der Waals surface area contributed by atoms with Crippen molar-refractivity contribution in [2.24, 2.45) is 14.1 Å². The van der Waals surface area contributed by atoms with Crippen molar-refractivity contribution in [3.05, 3.63) is 88.1 Å². The van der Waals surface area contributed by atoms with Gasteiger partial charge in [-0.1, -0.05) is 12.1 Å². The third-order valence-corrected chi connectivity index (χ3v) is 7.18. The molecule has 1 saturated heterocycles. The fourth-order valence-corrected chi connectivity index (χ4v) is 5.25. The molecule has 0 N–H and O–H groups in total. The highest BCUT2D eigenvalue weighted by atomic mass is 19.1. The standard InChI is InChI=1S/C27H28FN7O/c1-17-15-35(27(24-13-30-16-32(24)3)19-5-7-20(28)8-6-19)18(2)14-34(17)23-11-25(36)33(4)22-10-9-21(12-29)31-26(22)23/h5-11,13,16-18,27H,14-15H2,1-4H3/t17-,18?,27?/m0/s1. The van der Waals surface area contributed by atoms with Gasteiger partial charge < -0.3 is 14.0 Å². The second kappa shape index (κ2) is 9.21. The van der Waals surface area contributed by atoms with Crippen LogP contribution in [-0.4, -0.2) is 49.2 Å². The van der Waals surface area contributed by atoms with Crippen molar-refractivity contribution < 1.29 is 4.39 Å². The molecule has 1 fully saturated rings. The van der Waals surface area contributed by atoms with Crippen LogP contribution in [0.5, 0.6) is 0 Å². The van der Waals surface area contributed by atoms with Crippen LogP contribution in [0, 0.1) is 17.1 Å². The quantitative estimate of drug-likeness (QED) is 0.441. The lowest BCUT2D eigenvalue weighted by molar-refractivity contribution is 0.126. The van der Waals surface area contributed by atoms with Crippen LogP contribution in [0.2, 0.25) is 0 Å². The van der Waals surface area contributed by atoms with Crippen molar-refractivity contribution in [3.63, 3.8) is 0 Å². The fourth-order valence-electron chi connectivity index (χ4n) is 5.25. The number of hydrogen-bond donors (Lipinski definition) is 0. The van der Waals surface area contributed by atoms with Crippen molar-refractivity contribution >= 4 is 16.7 Å². The molecule has 0 aliphatic carbocycles. The van der Waals surface area contributed by atoms with Gasteiger partial charge in [-0.25, -0.2) is 14.4 Å². The van der Waals surface area contributed by atoms with Gasteiger partial charge in [0.25, 0.3) is 5.56 Å². The van der Waals surface area contributed by atoms with Gasteiger partial charge in [-0.3, -0.25) is 9.69 Å². The van der Waals surface area contributed by atoms with E-state index in [2.05, 4.69) is 39.7 Å². The van der Waals surface area contributed by atoms with Crippen LogP contribution in [0.4, 0.5) is 10.1 Å². The zero-order valence-electron chi connectivity index (χ0n) is 20.8. The first kappa shape index (κ1) is 23.7. The highest BCUT2D eigenvalue weighted by Gasteiger charge is 2.37. The maximum Gasteiger partial charge on any atom is 0.252 e. The predicted molar refractivity (Wildman–Crippen MR) is 136 cm³/mol. The van der Waals surface area contributed by atoms with E-state index in [9.17, 15) is 14.4 Å². The molecule has 4 aromatic rings. The molecule has 8 nitrogen and oxygen atoms in total. The highest BCUT2D eigenvalue weighted by molar-refractivity contribution is 5.89. The summed E-state index contributed by atoms with van der Waals surface area (Å²) in [5, 5.41) is 9.42. The van der Waals surface area contributed by atoms with Gasteiger partial charge in [-0.2, -0.15) is 5.26 Å². The van der Waals surface area contributed by atoms with E-state index in [1.165, 1.54) is 12.1 Å². The number of piperazine rings is 1. The number of aryl methyl sites for hydroxylation is 2. The van der Waals surface area contributed by atoms with E-state index in [4.69, 9.17) is 0 Å². The van der Waals surface area contributed by atoms with Gasteiger partial charge in [0.15, 0.2) is 0 Å². The lowest BCUT2D eigenvalue weighted by Gasteiger charge is -2.48. The van der Waals surface area contributed by atoms with Crippen molar-refractivity contribution in [2.75, 3.05) is 18.0 Å². The van der Waals surface area contributed by atoms with Crippen LogP contribution >= 0.6 is 0 Å². The van der Waals surface area contributed by atoms with Crippen LogP contribution < -0.4 is 10.5 Å². The van der Waals surface area contributed by atoms with Gasteiger partial charge in [-0.05, 0) is 43.7 Å². The molecule has 2 unspecified atom stereocenters. The summed E-state index contributed by atoms with van der Waals surface area (Å²) < 4.78 is 17.3. The van der Waals surface area contributed by atoms with Crippen molar-refractivity contribution in [1.82, 2.24) is 24.0 Å². The Kier molecular flexibility index (Phi) is 6.06. The van der Waals surface area contributed by atoms with Gasteiger partial charge in [0, 0.05) is 45.3 Å². The van der Waals surface area contributed by atoms with Crippen LogP contribution in [0.15, 0.2) is 59.8 Å². The van der Waals surface area contributed by atoms with Crippen LogP contribution in [0.25, 0.3) is 11.0 Å². The monoisotopic (exact) mass is 485 g/mol. The number of aromatic nitrogens is 4. The molecule has 3 atom stereocenters. The van der Waals surface area contributed by atoms with E-state index in [0.717, 1.165) is 16.9 Å². The van der Waals surface area contributed by atoms with Gasteiger partial charge in [0.2, 0.25) is 0 Å². The molecule has 0 spiro atoms. The summed E-state index contributed by atoms with van der Waals surface area (Å²) in [4.78, 5) is 26.3. The Bertz CT molecular complexity index is 1520. The fraction of sp³-hybridized carbons (Fsp3) is 0.333. The van der Waals surface area contributed by atoms with Gasteiger partial charge in [0.1, 0.15) is 23.1 Å². The van der Waals surface area contributed by atoms with Crippen molar-refractivity contribution in [3.8, 4) is 6.07 Å². The molecule has 4 heterocycles. The Morgan fingerprint density at radius 1 is 1.08 bits per heavy atom. The number of nitrogens with zero attached hydrogens (tertiary/aromatic N) is 7. The second-order valence-corrected chi connectivity index (χ2v) is 9.53. The SMILES string of the molecule is CC1CN(c2cc(=O)n(C)c3ccc(C#N)nc23)[C@@H](C)CN1C(c1ccc(F)cc1)c1cncn1C. The Balaban J connectivity index is 1.56. The molecule has 0 amide bonds. The van der Waals surface area contributed by atoms with Crippen molar-refractivity contribution in [2.45, 2.75) is 32.0 Å². The minimum Gasteiger partial charge on any atom is -0.364 e. The summed E-state index contributed by atoms with van der Waals surface area (Å²) in [5.41, 5.74) is 4.28. The number of fused-ring (bicyclic) bond motifs is 1. The molecule has 5 rings (SSSR count). The van der Waals surface area contributed by atoms with E-state index in [1.807, 2.05) is 29.9 Å². The Morgan fingerprint density at radius 3 is 2.50 bits per heavy atom. The summed E-state index contributed by atoms with van der Waals surface area (Å²) in [7, 11) is 3.68. The van der Waals surface area contributed by atoms with Crippen LogP contribution in [-0.2, 0) is 14.1 Å². The number of anilines is 1. The van der Waals surface area contributed by atoms with E-state index < -0.39 is 0 Å². The maximum absolute atomic E-state index is 13.7. The second-order valence-electron chi connectivity index (χ2n) is 9.53. The molecule has 36 heavy (non-hydrogen) atoms. The molecule has 1 aliphatic rings. The summed E-state index contributed by atoms with van der Waals surface area (Å²) in [5.74, 6) is -0.268. The minimum atomic E-state index is -0.268. The number of pyridine rings is 2. The van der Waals surface area contributed by atoms with Gasteiger partial charge >= 0.3 is 0 Å². The van der Waals surface area contributed by atoms with Gasteiger partial charge in [0.05, 0.1) is 35.5 Å². The average Bonchev–Trinajstić information content (AvgIpc) is 3.29. The normalized spacial score (nSPS) is 19.4. The number of halogens is 1. The zero-order chi connectivity index (χ0) is 25.6. The largest absolute Gasteiger partial charge is 0.364 e. The average molecular weight is 486 g/mol. The molecule has 1 aromatic carbocycles. The lowest BCUT2D eigenvalue weighted by Crippen LogP contribution is -2.57. The first-order valence-corrected chi connectivity index (χ1v) is 11.9. The Morgan fingerprint density at radius 2 is 1.83 bits per heavy atom. The minimum absolute atomic E-state index is 0.0419. The maximum atomic E-state index is 13.7. The predicted octanol–water partition coefficient (Wildman–Crippen LogP) is 3.37. The number of nitriles is 1. The van der Waals surface area contributed by atoms with Gasteiger partial charge in [-0.15, -0.1) is 0 Å². The molecule has 184 valence electrons. The molecule has 0 saturated carbocycles. The smallest absolute Gasteiger partial charge is 0.252 e. The number of benzene rings is 1. The number of hydrogen-bond acceptors (Lipinski definition) is 6. The molecule has 0 radical (unpaired) electrons. The first-order chi connectivity index (χ1) is 17.3. The Hall–Kier alpha value is -4.03. The summed E-state index contributed by atoms with van der Waals surface area (Å²) in [6.07, 6.45) is 3.64. The topological polar surface area (TPSA) is 83.0 Å². The molecular formula is C27H28FN7O. The third kappa shape index (κ3) is 4.03. The summed E-state index contributed by atoms with van der Waals surface area (Å²) in [6, 6.07) is 13.8. The van der Waals surface area contributed by atoms with Crippen molar-refractivity contribution in [1.29, 1.82) is 5.26 Å². The summed E-state index contributed by atoms with van der Waals surface area (Å²) >= 11 is 0. The van der Waals surface area contributed by atoms with E-state index in [0.29, 0.717) is 29.8 Å². The first-order valence-electron chi connectivity index (χ1n) is 11.9. The van der Waals surface area contributed by atoms with E-state index in [1.54, 1.807) is 36.1 Å². The zero-order valence-corrected chi connectivity index (χ0v) is 20.8. The third-order valence-electron chi connectivity index (χ3n) is 7.18. The Labute approximate surface area is 208 Å². The molecular weight excluding hydrogens is 457 g/mol. The number of imidazole rings is 1.